The van der Waals surface area contributed by atoms with Gasteiger partial charge in [0.2, 0.25) is 0 Å². The first-order valence-electron chi connectivity index (χ1n) is 8.28. The molecule has 1 aromatic heterocycles. The molecule has 6 nitrogen and oxygen atoms in total. The molecule has 2 aromatic rings. The number of nitrogens with one attached hydrogen (secondary N) is 1. The lowest BCUT2D eigenvalue weighted by Gasteiger charge is -2.29. The molecule has 0 saturated carbocycles. The van der Waals surface area contributed by atoms with Gasteiger partial charge in [-0.15, -0.1) is 0 Å². The lowest BCUT2D eigenvalue weighted by molar-refractivity contribution is 0.102. The summed E-state index contributed by atoms with van der Waals surface area (Å²) < 4.78 is 23.5. The largest absolute Gasteiger partial charge is 0.368 e. The summed E-state index contributed by atoms with van der Waals surface area (Å²) in [4.78, 5) is 18.6. The predicted molar refractivity (Wildman–Crippen MR) is 98.7 cm³/mol. The molecule has 1 unspecified atom stereocenters. The Balaban J connectivity index is 1.79. The number of pyridine rings is 1. The normalized spacial score (nSPS) is 18.7. The van der Waals surface area contributed by atoms with Gasteiger partial charge in [0.1, 0.15) is 5.69 Å². The van der Waals surface area contributed by atoms with Crippen LogP contribution in [-0.4, -0.2) is 43.4 Å². The van der Waals surface area contributed by atoms with Gasteiger partial charge in [0.15, 0.2) is 9.84 Å². The molecule has 1 amide bonds. The fourth-order valence-corrected chi connectivity index (χ4v) is 4.84. The molecule has 1 fully saturated rings. The molecule has 3 rings (SSSR count). The molecule has 1 aromatic carbocycles. The van der Waals surface area contributed by atoms with Gasteiger partial charge >= 0.3 is 0 Å². The van der Waals surface area contributed by atoms with Crippen molar-refractivity contribution >= 4 is 27.1 Å². The first-order chi connectivity index (χ1) is 12.0. The number of rotatable bonds is 5. The van der Waals surface area contributed by atoms with Gasteiger partial charge in [0.05, 0.1) is 11.5 Å². The molecule has 1 aliphatic heterocycles. The number of para-hydroxylation sites is 1. The van der Waals surface area contributed by atoms with Crippen molar-refractivity contribution in [1.82, 2.24) is 4.98 Å². The summed E-state index contributed by atoms with van der Waals surface area (Å²) in [6.45, 7) is 2.65. The van der Waals surface area contributed by atoms with Gasteiger partial charge in [-0.2, -0.15) is 0 Å². The first-order valence-corrected chi connectivity index (χ1v) is 10.1. The highest BCUT2D eigenvalue weighted by Crippen LogP contribution is 2.24. The van der Waals surface area contributed by atoms with Crippen molar-refractivity contribution in [2.45, 2.75) is 19.4 Å². The molecule has 0 aliphatic carbocycles. The summed E-state index contributed by atoms with van der Waals surface area (Å²) in [5, 5.41) is 2.81. The van der Waals surface area contributed by atoms with E-state index in [2.05, 4.69) is 10.3 Å². The molecular weight excluding hydrogens is 338 g/mol. The Morgan fingerprint density at radius 3 is 2.68 bits per heavy atom. The molecule has 1 aliphatic rings. The third-order valence-corrected chi connectivity index (χ3v) is 6.08. The monoisotopic (exact) mass is 359 g/mol. The zero-order chi connectivity index (χ0) is 17.9. The summed E-state index contributed by atoms with van der Waals surface area (Å²) in [5.74, 6) is 0.0955. The summed E-state index contributed by atoms with van der Waals surface area (Å²) in [6.07, 6.45) is 2.20. The molecule has 1 saturated heterocycles. The van der Waals surface area contributed by atoms with E-state index < -0.39 is 9.84 Å². The van der Waals surface area contributed by atoms with Crippen LogP contribution in [0.2, 0.25) is 0 Å². The van der Waals surface area contributed by atoms with Crippen molar-refractivity contribution in [2.75, 3.05) is 28.3 Å². The van der Waals surface area contributed by atoms with Gasteiger partial charge in [-0.3, -0.25) is 9.78 Å². The molecule has 7 heteroatoms. The Kier molecular flexibility index (Phi) is 5.03. The molecule has 0 spiro atoms. The highest BCUT2D eigenvalue weighted by atomic mass is 32.2. The average Bonchev–Trinajstić information content (AvgIpc) is 2.96. The molecule has 132 valence electrons. The van der Waals surface area contributed by atoms with Crippen LogP contribution in [0, 0.1) is 0 Å². The van der Waals surface area contributed by atoms with Gasteiger partial charge in [0, 0.05) is 30.2 Å². The van der Waals surface area contributed by atoms with Crippen molar-refractivity contribution in [3.05, 3.63) is 54.4 Å². The van der Waals surface area contributed by atoms with Gasteiger partial charge in [-0.25, -0.2) is 8.42 Å². The summed E-state index contributed by atoms with van der Waals surface area (Å²) in [7, 11) is -2.96. The van der Waals surface area contributed by atoms with Gasteiger partial charge in [-0.05, 0) is 37.6 Å². The molecule has 1 atom stereocenters. The number of hydrogen-bond acceptors (Lipinski definition) is 5. The second kappa shape index (κ2) is 7.23. The van der Waals surface area contributed by atoms with Crippen molar-refractivity contribution in [2.24, 2.45) is 0 Å². The van der Waals surface area contributed by atoms with Crippen LogP contribution in [-0.2, 0) is 9.84 Å². The molecule has 2 heterocycles. The number of carbonyl (C=O) groups is 1. The topological polar surface area (TPSA) is 79.4 Å². The molecule has 25 heavy (non-hydrogen) atoms. The molecular formula is C18H21N3O3S. The maximum Gasteiger partial charge on any atom is 0.274 e. The van der Waals surface area contributed by atoms with Crippen LogP contribution in [0.15, 0.2) is 48.7 Å². The van der Waals surface area contributed by atoms with Gasteiger partial charge in [-0.1, -0.05) is 18.2 Å². The number of carbonyl (C=O) groups excluding carboxylic acids is 1. The van der Waals surface area contributed by atoms with E-state index >= 15 is 0 Å². The third-order valence-electron chi connectivity index (χ3n) is 4.33. The van der Waals surface area contributed by atoms with Crippen LogP contribution in [0.3, 0.4) is 0 Å². The van der Waals surface area contributed by atoms with Crippen LogP contribution in [0.5, 0.6) is 0 Å². The van der Waals surface area contributed by atoms with E-state index in [0.717, 1.165) is 5.69 Å². The number of aromatic nitrogens is 1. The van der Waals surface area contributed by atoms with E-state index in [9.17, 15) is 13.2 Å². The third kappa shape index (κ3) is 4.17. The summed E-state index contributed by atoms with van der Waals surface area (Å²) in [6, 6.07) is 12.7. The fourth-order valence-electron chi connectivity index (χ4n) is 3.11. The maximum absolute atomic E-state index is 12.4. The minimum absolute atomic E-state index is 0.0533. The average molecular weight is 359 g/mol. The summed E-state index contributed by atoms with van der Waals surface area (Å²) in [5.41, 5.74) is 1.83. The Morgan fingerprint density at radius 1 is 1.28 bits per heavy atom. The lowest BCUT2D eigenvalue weighted by Crippen LogP contribution is -2.36. The Labute approximate surface area is 147 Å². The predicted octanol–water partition coefficient (Wildman–Crippen LogP) is 2.35. The first kappa shape index (κ1) is 17.4. The Morgan fingerprint density at radius 2 is 2.04 bits per heavy atom. The summed E-state index contributed by atoms with van der Waals surface area (Å²) >= 11 is 0. The molecule has 0 bridgehead atoms. The number of anilines is 2. The molecule has 0 radical (unpaired) electrons. The zero-order valence-electron chi connectivity index (χ0n) is 14.1. The van der Waals surface area contributed by atoms with Gasteiger partial charge < -0.3 is 10.2 Å². The van der Waals surface area contributed by atoms with Crippen LogP contribution < -0.4 is 10.2 Å². The second-order valence-electron chi connectivity index (χ2n) is 6.06. The van der Waals surface area contributed by atoms with Crippen molar-refractivity contribution in [1.29, 1.82) is 0 Å². The van der Waals surface area contributed by atoms with Crippen LogP contribution in [0.25, 0.3) is 0 Å². The Hall–Kier alpha value is -2.41. The van der Waals surface area contributed by atoms with E-state index in [4.69, 9.17) is 0 Å². The van der Waals surface area contributed by atoms with Crippen LogP contribution >= 0.6 is 0 Å². The van der Waals surface area contributed by atoms with Gasteiger partial charge in [0.25, 0.3) is 5.91 Å². The standard InChI is InChI=1S/C18H21N3O3S/c1-2-21(16-9-11-25(23,24)13-16)15-8-10-19-17(12-15)18(22)20-14-6-4-3-5-7-14/h3-8,10,12,16H,2,9,11,13H2,1H3,(H,20,22). The number of nitrogens with zero attached hydrogens (tertiary/aromatic N) is 2. The number of benzene rings is 1. The number of hydrogen-bond donors (Lipinski definition) is 1. The van der Waals surface area contributed by atoms with E-state index in [1.807, 2.05) is 48.2 Å². The highest BCUT2D eigenvalue weighted by molar-refractivity contribution is 7.91. The Bertz CT molecular complexity index is 853. The van der Waals surface area contributed by atoms with Crippen LogP contribution in [0.4, 0.5) is 11.4 Å². The SMILES string of the molecule is CCN(c1ccnc(C(=O)Nc2ccccc2)c1)C1CCS(=O)(=O)C1. The zero-order valence-corrected chi connectivity index (χ0v) is 14.9. The van der Waals surface area contributed by atoms with Crippen molar-refractivity contribution in [3.8, 4) is 0 Å². The number of amides is 1. The van der Waals surface area contributed by atoms with E-state index in [1.165, 1.54) is 0 Å². The minimum Gasteiger partial charge on any atom is -0.368 e. The smallest absolute Gasteiger partial charge is 0.274 e. The van der Waals surface area contributed by atoms with Crippen molar-refractivity contribution in [3.63, 3.8) is 0 Å². The van der Waals surface area contributed by atoms with Crippen LogP contribution in [0.1, 0.15) is 23.8 Å². The van der Waals surface area contributed by atoms with E-state index in [0.29, 0.717) is 24.3 Å². The highest BCUT2D eigenvalue weighted by Gasteiger charge is 2.32. The minimum atomic E-state index is -2.96. The van der Waals surface area contributed by atoms with E-state index in [-0.39, 0.29) is 23.5 Å². The van der Waals surface area contributed by atoms with Crippen molar-refractivity contribution < 1.29 is 13.2 Å². The number of sulfone groups is 1. The maximum atomic E-state index is 12.4. The second-order valence-corrected chi connectivity index (χ2v) is 8.29. The lowest BCUT2D eigenvalue weighted by atomic mass is 10.2. The fraction of sp³-hybridized carbons (Fsp3) is 0.333. The molecule has 1 N–H and O–H groups in total. The van der Waals surface area contributed by atoms with E-state index in [1.54, 1.807) is 12.3 Å². The quantitative estimate of drug-likeness (QED) is 0.886.